The first-order valence-electron chi connectivity index (χ1n) is 8.18. The van der Waals surface area contributed by atoms with E-state index in [2.05, 4.69) is 35.9 Å². The van der Waals surface area contributed by atoms with Gasteiger partial charge in [-0.05, 0) is 18.6 Å². The fourth-order valence-corrected chi connectivity index (χ4v) is 3.15. The molecule has 0 N–H and O–H groups in total. The molecule has 1 aromatic carbocycles. The lowest BCUT2D eigenvalue weighted by Crippen LogP contribution is -2.15. The van der Waals surface area contributed by atoms with E-state index < -0.39 is 35.8 Å². The van der Waals surface area contributed by atoms with Gasteiger partial charge < -0.3 is 4.74 Å². The van der Waals surface area contributed by atoms with Crippen LogP contribution in [0.2, 0.25) is 5.02 Å². The number of rotatable bonds is 5. The molecule has 0 aliphatic rings. The molecule has 160 valence electrons. The molecule has 13 heteroatoms. The van der Waals surface area contributed by atoms with Crippen LogP contribution in [0, 0.1) is 0 Å². The maximum Gasteiger partial charge on any atom is 0.451 e. The van der Waals surface area contributed by atoms with Gasteiger partial charge in [0.1, 0.15) is 5.75 Å². The molecule has 0 saturated carbocycles. The van der Waals surface area contributed by atoms with E-state index >= 15 is 0 Å². The second-order valence-electron chi connectivity index (χ2n) is 5.99. The van der Waals surface area contributed by atoms with Gasteiger partial charge in [-0.3, -0.25) is 0 Å². The van der Waals surface area contributed by atoms with Gasteiger partial charge in [0, 0.05) is 6.42 Å². The van der Waals surface area contributed by atoms with Crippen molar-refractivity contribution in [2.45, 2.75) is 30.0 Å². The minimum Gasteiger partial charge on any atom is -0.424 e. The Hall–Kier alpha value is -2.21. The zero-order chi connectivity index (χ0) is 22.1. The zero-order valence-electron chi connectivity index (χ0n) is 14.6. The minimum absolute atomic E-state index is 0.00750. The topological polar surface area (TPSA) is 60.8 Å². The monoisotopic (exact) mass is 514 g/mol. The van der Waals surface area contributed by atoms with Crippen LogP contribution in [0.25, 0.3) is 10.9 Å². The molecule has 0 saturated heterocycles. The number of fused-ring (bicyclic) bond motifs is 1. The molecule has 0 fully saturated rings. The first-order valence-corrected chi connectivity index (χ1v) is 9.47. The number of hydrogen-bond donors (Lipinski definition) is 0. The van der Waals surface area contributed by atoms with Crippen LogP contribution in [0.15, 0.2) is 30.6 Å². The highest BCUT2D eigenvalue weighted by atomic mass is 79.9. The van der Waals surface area contributed by atoms with Gasteiger partial charge in [-0.2, -0.15) is 26.3 Å². The smallest absolute Gasteiger partial charge is 0.424 e. The number of nitrogens with zero attached hydrogens (tertiary/aromatic N) is 4. The molecule has 2 heterocycles. The van der Waals surface area contributed by atoms with Crippen LogP contribution in [-0.2, 0) is 6.18 Å². The third-order valence-electron chi connectivity index (χ3n) is 3.74. The highest BCUT2D eigenvalue weighted by molar-refractivity contribution is 9.09. The third kappa shape index (κ3) is 5.48. The van der Waals surface area contributed by atoms with E-state index in [-0.39, 0.29) is 33.4 Å². The lowest BCUT2D eigenvalue weighted by atomic mass is 10.1. The Labute approximate surface area is 178 Å². The Bertz CT molecular complexity index is 1050. The summed E-state index contributed by atoms with van der Waals surface area (Å²) in [5.74, 6) is -1.49. The molecule has 3 aromatic rings. The van der Waals surface area contributed by atoms with Crippen molar-refractivity contribution in [1.82, 2.24) is 19.9 Å². The summed E-state index contributed by atoms with van der Waals surface area (Å²) < 4.78 is 83.1. The van der Waals surface area contributed by atoms with Gasteiger partial charge in [0.15, 0.2) is 0 Å². The van der Waals surface area contributed by atoms with Gasteiger partial charge in [-0.15, -0.1) is 0 Å². The summed E-state index contributed by atoms with van der Waals surface area (Å²) in [4.78, 5) is 13.5. The first-order chi connectivity index (χ1) is 13.9. The summed E-state index contributed by atoms with van der Waals surface area (Å²) in [6.07, 6.45) is -8.67. The Morgan fingerprint density at radius 1 is 1.03 bits per heavy atom. The molecular formula is C17H10BrClF6N4O. The van der Waals surface area contributed by atoms with Gasteiger partial charge in [-0.25, -0.2) is 19.9 Å². The quantitative estimate of drug-likeness (QED) is 0.281. The molecule has 5 nitrogen and oxygen atoms in total. The van der Waals surface area contributed by atoms with Gasteiger partial charge in [0.2, 0.25) is 5.82 Å². The van der Waals surface area contributed by atoms with Crippen molar-refractivity contribution in [3.8, 4) is 11.8 Å². The Balaban J connectivity index is 2.12. The first kappa shape index (κ1) is 22.5. The lowest BCUT2D eigenvalue weighted by molar-refractivity contribution is -0.145. The number of halogens is 8. The molecule has 1 unspecified atom stereocenters. The van der Waals surface area contributed by atoms with E-state index in [1.54, 1.807) is 0 Å². The van der Waals surface area contributed by atoms with Crippen LogP contribution in [0.4, 0.5) is 26.3 Å². The molecule has 0 aliphatic heterocycles. The molecule has 0 radical (unpaired) electrons. The number of benzene rings is 1. The van der Waals surface area contributed by atoms with Crippen LogP contribution in [0.1, 0.15) is 29.2 Å². The normalized spacial score (nSPS) is 13.5. The van der Waals surface area contributed by atoms with E-state index in [0.29, 0.717) is 0 Å². The van der Waals surface area contributed by atoms with Crippen molar-refractivity contribution < 1.29 is 31.1 Å². The SMILES string of the molecule is FC(F)(F)CCC(Br)c1nc(C(F)(F)F)nc2cccc(Oc3ncc(Cl)cn3)c12. The predicted octanol–water partition coefficient (Wildman–Crippen LogP) is 6.66. The third-order valence-corrected chi connectivity index (χ3v) is 4.83. The summed E-state index contributed by atoms with van der Waals surface area (Å²) in [5.41, 5.74) is -0.448. The van der Waals surface area contributed by atoms with Crippen LogP contribution in [0.5, 0.6) is 11.8 Å². The summed E-state index contributed by atoms with van der Waals surface area (Å²) >= 11 is 8.73. The van der Waals surface area contributed by atoms with Crippen LogP contribution in [-0.4, -0.2) is 26.1 Å². The van der Waals surface area contributed by atoms with E-state index in [1.165, 1.54) is 30.6 Å². The van der Waals surface area contributed by atoms with E-state index in [1.807, 2.05) is 0 Å². The average Bonchev–Trinajstić information content (AvgIpc) is 2.66. The molecule has 0 spiro atoms. The Morgan fingerprint density at radius 3 is 2.30 bits per heavy atom. The van der Waals surface area contributed by atoms with Crippen molar-refractivity contribution >= 4 is 38.4 Å². The fraction of sp³-hybridized carbons (Fsp3) is 0.294. The minimum atomic E-state index is -4.89. The molecule has 2 aromatic heterocycles. The predicted molar refractivity (Wildman–Crippen MR) is 98.6 cm³/mol. The highest BCUT2D eigenvalue weighted by Gasteiger charge is 2.37. The molecular weight excluding hydrogens is 506 g/mol. The zero-order valence-corrected chi connectivity index (χ0v) is 16.9. The second-order valence-corrected chi connectivity index (χ2v) is 7.53. The van der Waals surface area contributed by atoms with Crippen molar-refractivity contribution in [1.29, 1.82) is 0 Å². The van der Waals surface area contributed by atoms with E-state index in [9.17, 15) is 26.3 Å². The van der Waals surface area contributed by atoms with Crippen LogP contribution in [0.3, 0.4) is 0 Å². The molecule has 0 aliphatic carbocycles. The summed E-state index contributed by atoms with van der Waals surface area (Å²) in [6, 6.07) is 3.88. The molecule has 1 atom stereocenters. The molecule has 30 heavy (non-hydrogen) atoms. The van der Waals surface area contributed by atoms with Crippen LogP contribution >= 0.6 is 27.5 Å². The second kappa shape index (κ2) is 8.50. The summed E-state index contributed by atoms with van der Waals surface area (Å²) in [7, 11) is 0. The highest BCUT2D eigenvalue weighted by Crippen LogP contribution is 2.40. The van der Waals surface area contributed by atoms with Gasteiger partial charge in [0.25, 0.3) is 0 Å². The average molecular weight is 516 g/mol. The van der Waals surface area contributed by atoms with Crippen molar-refractivity contribution in [3.63, 3.8) is 0 Å². The number of aromatic nitrogens is 4. The summed E-state index contributed by atoms with van der Waals surface area (Å²) in [6.45, 7) is 0. The summed E-state index contributed by atoms with van der Waals surface area (Å²) in [5, 5.41) is 0.236. The number of ether oxygens (including phenoxy) is 1. The number of hydrogen-bond acceptors (Lipinski definition) is 5. The van der Waals surface area contributed by atoms with Gasteiger partial charge >= 0.3 is 18.4 Å². The fourth-order valence-electron chi connectivity index (χ4n) is 2.50. The maximum atomic E-state index is 13.2. The van der Waals surface area contributed by atoms with Crippen LogP contribution < -0.4 is 4.74 Å². The molecule has 3 rings (SSSR count). The van der Waals surface area contributed by atoms with E-state index in [4.69, 9.17) is 16.3 Å². The lowest BCUT2D eigenvalue weighted by Gasteiger charge is -2.17. The van der Waals surface area contributed by atoms with Gasteiger partial charge in [-0.1, -0.05) is 33.6 Å². The van der Waals surface area contributed by atoms with E-state index in [0.717, 1.165) is 0 Å². The molecule has 0 bridgehead atoms. The van der Waals surface area contributed by atoms with Crippen molar-refractivity contribution in [2.24, 2.45) is 0 Å². The Morgan fingerprint density at radius 2 is 1.70 bits per heavy atom. The van der Waals surface area contributed by atoms with Crippen molar-refractivity contribution in [3.05, 3.63) is 47.1 Å². The Kier molecular flexibility index (Phi) is 6.37. The largest absolute Gasteiger partial charge is 0.451 e. The number of alkyl halides is 7. The van der Waals surface area contributed by atoms with Crippen molar-refractivity contribution in [2.75, 3.05) is 0 Å². The standard InChI is InChI=1S/C17H10BrClF6N4O/c18-9(4-5-16(20,21)22)13-12-10(28-14(29-13)17(23,24)25)2-1-3-11(12)30-15-26-6-8(19)7-27-15/h1-3,6-7,9H,4-5H2. The van der Waals surface area contributed by atoms with Gasteiger partial charge in [0.05, 0.1) is 38.8 Å². The maximum absolute atomic E-state index is 13.2. The molecule has 0 amide bonds.